The van der Waals surface area contributed by atoms with E-state index in [1.165, 1.54) is 11.3 Å². The Morgan fingerprint density at radius 2 is 1.94 bits per heavy atom. The summed E-state index contributed by atoms with van der Waals surface area (Å²) in [6, 6.07) is 7.24. The van der Waals surface area contributed by atoms with Crippen molar-refractivity contribution in [2.24, 2.45) is 21.5 Å². The third-order valence-corrected chi connectivity index (χ3v) is 5.30. The largest absolute Gasteiger partial charge is 0.396 e. The second kappa shape index (κ2) is 9.43. The first kappa shape index (κ1) is 22.7. The van der Waals surface area contributed by atoms with Crippen molar-refractivity contribution in [1.29, 1.82) is 0 Å². The lowest BCUT2D eigenvalue weighted by molar-refractivity contribution is 0.0996. The summed E-state index contributed by atoms with van der Waals surface area (Å²) in [6.45, 7) is 8.05. The van der Waals surface area contributed by atoms with Crippen molar-refractivity contribution in [3.8, 4) is 0 Å². The normalized spacial score (nSPS) is 16.0. The molecule has 1 aliphatic rings. The van der Waals surface area contributed by atoms with Crippen LogP contribution in [0.5, 0.6) is 0 Å². The molecule has 3 rings (SSSR count). The third-order valence-electron chi connectivity index (χ3n) is 4.47. The van der Waals surface area contributed by atoms with Crippen molar-refractivity contribution in [3.05, 3.63) is 69.6 Å². The number of amides is 3. The zero-order chi connectivity index (χ0) is 23.4. The van der Waals surface area contributed by atoms with Crippen molar-refractivity contribution < 1.29 is 9.59 Å². The molecular weight excluding hydrogens is 428 g/mol. The molecule has 0 radical (unpaired) electrons. The fraction of sp³-hybridized carbons (Fsp3) is 0.190. The summed E-state index contributed by atoms with van der Waals surface area (Å²) in [5, 5.41) is 7.21. The minimum absolute atomic E-state index is 0.111. The molecular formula is C21H24N8O2S. The number of thiazole rings is 1. The lowest BCUT2D eigenvalue weighted by Gasteiger charge is -2.15. The first-order chi connectivity index (χ1) is 15.2. The lowest BCUT2D eigenvalue weighted by Crippen LogP contribution is -2.35. The van der Waals surface area contributed by atoms with E-state index < -0.39 is 11.9 Å². The highest BCUT2D eigenvalue weighted by atomic mass is 32.1. The number of rotatable bonds is 6. The van der Waals surface area contributed by atoms with Crippen LogP contribution in [0.3, 0.4) is 0 Å². The van der Waals surface area contributed by atoms with Crippen LogP contribution in [0.15, 0.2) is 57.7 Å². The Morgan fingerprint density at radius 3 is 2.53 bits per heavy atom. The van der Waals surface area contributed by atoms with Crippen molar-refractivity contribution in [1.82, 2.24) is 20.5 Å². The molecule has 0 saturated carbocycles. The summed E-state index contributed by atoms with van der Waals surface area (Å²) < 4.78 is 0. The van der Waals surface area contributed by atoms with Gasteiger partial charge in [-0.15, -0.1) is 11.3 Å². The minimum atomic E-state index is -0.628. The fourth-order valence-electron chi connectivity index (χ4n) is 2.84. The number of carbonyl (C=O) groups excluding carboxylic acids is 2. The molecule has 0 aliphatic carbocycles. The Balaban J connectivity index is 2.07. The zero-order valence-electron chi connectivity index (χ0n) is 18.0. The first-order valence-electron chi connectivity index (χ1n) is 9.69. The van der Waals surface area contributed by atoms with Gasteiger partial charge in [0.25, 0.3) is 5.91 Å². The van der Waals surface area contributed by atoms with Gasteiger partial charge in [-0.3, -0.25) is 10.1 Å². The predicted octanol–water partition coefficient (Wildman–Crippen LogP) is 1.76. The summed E-state index contributed by atoms with van der Waals surface area (Å²) >= 11 is 1.22. The molecule has 6 N–H and O–H groups in total. The number of nitrogens with one attached hydrogen (secondary N) is 2. The molecule has 0 atom stereocenters. The smallest absolute Gasteiger partial charge is 0.320 e. The molecule has 0 bridgehead atoms. The number of urea groups is 1. The van der Waals surface area contributed by atoms with E-state index in [4.69, 9.17) is 11.5 Å². The summed E-state index contributed by atoms with van der Waals surface area (Å²) in [6.07, 6.45) is 0. The molecule has 3 amide bonds. The van der Waals surface area contributed by atoms with Crippen LogP contribution in [-0.2, 0) is 0 Å². The van der Waals surface area contributed by atoms with Gasteiger partial charge in [0.05, 0.1) is 5.70 Å². The Morgan fingerprint density at radius 1 is 1.25 bits per heavy atom. The third kappa shape index (κ3) is 4.83. The standard InChI is InChI=1S/C21H24N8O2S/c1-5-24-21(31)26-12(3)25-18-16(15(22)13-8-6-11(2)7-9-13)28-19(29(18)4)20-27-14(10-32-20)17(23)30/h6-10H,3,5,22H2,1-2,4H3,(H2,23,30)(H2,24,26,31)/b16-15+,25-18+. The number of carbonyl (C=O) groups is 2. The molecule has 1 aromatic heterocycles. The SMILES string of the molecule is C=C(/N=C1\C(=C(/N)c2ccc(C)cc2)N=C(c2nc(C(N)=O)cs2)N1C)NC(=O)NCC. The van der Waals surface area contributed by atoms with Crippen molar-refractivity contribution in [2.75, 3.05) is 13.6 Å². The van der Waals surface area contributed by atoms with Gasteiger partial charge in [-0.1, -0.05) is 36.4 Å². The van der Waals surface area contributed by atoms with E-state index >= 15 is 0 Å². The van der Waals surface area contributed by atoms with E-state index in [1.807, 2.05) is 31.2 Å². The van der Waals surface area contributed by atoms with Crippen molar-refractivity contribution in [2.45, 2.75) is 13.8 Å². The summed E-state index contributed by atoms with van der Waals surface area (Å²) in [4.78, 5) is 38.3. The van der Waals surface area contributed by atoms with Gasteiger partial charge >= 0.3 is 6.03 Å². The molecule has 32 heavy (non-hydrogen) atoms. The van der Waals surface area contributed by atoms with Gasteiger partial charge in [-0.05, 0) is 19.4 Å². The molecule has 2 aromatic rings. The van der Waals surface area contributed by atoms with Gasteiger partial charge in [-0.25, -0.2) is 19.8 Å². The number of primary amides is 1. The number of nitrogens with zero attached hydrogens (tertiary/aromatic N) is 4. The maximum Gasteiger partial charge on any atom is 0.320 e. The molecule has 2 heterocycles. The van der Waals surface area contributed by atoms with Gasteiger partial charge in [0.15, 0.2) is 16.7 Å². The number of aliphatic imine (C=N–C) groups is 2. The number of hydrogen-bond acceptors (Lipinski definition) is 7. The predicted molar refractivity (Wildman–Crippen MR) is 126 cm³/mol. The van der Waals surface area contributed by atoms with Gasteiger partial charge in [0, 0.05) is 19.0 Å². The van der Waals surface area contributed by atoms with Crippen LogP contribution in [-0.4, -0.2) is 47.1 Å². The number of benzene rings is 1. The van der Waals surface area contributed by atoms with E-state index in [0.717, 1.165) is 11.1 Å². The van der Waals surface area contributed by atoms with Gasteiger partial charge in [0.1, 0.15) is 17.2 Å². The average molecular weight is 453 g/mol. The molecule has 1 aromatic carbocycles. The van der Waals surface area contributed by atoms with Crippen LogP contribution in [0.2, 0.25) is 0 Å². The van der Waals surface area contributed by atoms with E-state index in [1.54, 1.807) is 24.3 Å². The number of nitrogens with two attached hydrogens (primary N) is 2. The maximum atomic E-state index is 11.8. The van der Waals surface area contributed by atoms with Gasteiger partial charge in [0.2, 0.25) is 0 Å². The number of aryl methyl sites for hydroxylation is 1. The highest BCUT2D eigenvalue weighted by Gasteiger charge is 2.31. The van der Waals surface area contributed by atoms with Gasteiger partial charge < -0.3 is 21.7 Å². The number of amidine groups is 2. The number of hydrogen-bond donors (Lipinski definition) is 4. The Labute approximate surface area is 189 Å². The molecule has 0 unspecified atom stereocenters. The van der Waals surface area contributed by atoms with E-state index in [9.17, 15) is 9.59 Å². The van der Waals surface area contributed by atoms with E-state index in [-0.39, 0.29) is 11.5 Å². The minimum Gasteiger partial charge on any atom is -0.396 e. The van der Waals surface area contributed by atoms with Crippen LogP contribution in [0.25, 0.3) is 5.70 Å². The second-order valence-corrected chi connectivity index (χ2v) is 7.75. The Bertz CT molecular complexity index is 1160. The first-order valence-corrected chi connectivity index (χ1v) is 10.6. The number of likely N-dealkylation sites (N-methyl/N-ethyl adjacent to an activating group) is 1. The fourth-order valence-corrected chi connectivity index (χ4v) is 3.67. The van der Waals surface area contributed by atoms with Gasteiger partial charge in [-0.2, -0.15) is 0 Å². The highest BCUT2D eigenvalue weighted by molar-refractivity contribution is 7.12. The van der Waals surface area contributed by atoms with Crippen molar-refractivity contribution >= 4 is 40.6 Å². The van der Waals surface area contributed by atoms with Crippen molar-refractivity contribution in [3.63, 3.8) is 0 Å². The molecule has 0 saturated heterocycles. The Hall–Kier alpha value is -3.99. The monoisotopic (exact) mass is 452 g/mol. The maximum absolute atomic E-state index is 11.8. The highest BCUT2D eigenvalue weighted by Crippen LogP contribution is 2.27. The van der Waals surface area contributed by atoms with Crippen LogP contribution < -0.4 is 22.1 Å². The quantitative estimate of drug-likeness (QED) is 0.526. The molecule has 0 fully saturated rings. The lowest BCUT2D eigenvalue weighted by atomic mass is 10.1. The number of aromatic nitrogens is 1. The van der Waals surface area contributed by atoms with Crippen LogP contribution >= 0.6 is 11.3 Å². The molecule has 0 spiro atoms. The zero-order valence-corrected chi connectivity index (χ0v) is 18.8. The summed E-state index contributed by atoms with van der Waals surface area (Å²) in [5.41, 5.74) is 14.6. The summed E-state index contributed by atoms with van der Waals surface area (Å²) in [5.74, 6) is 0.297. The van der Waals surface area contributed by atoms with E-state index in [2.05, 4.69) is 32.2 Å². The van der Waals surface area contributed by atoms with Crippen LogP contribution in [0.4, 0.5) is 4.79 Å². The van der Waals surface area contributed by atoms with Crippen LogP contribution in [0, 0.1) is 6.92 Å². The second-order valence-electron chi connectivity index (χ2n) is 6.89. The van der Waals surface area contributed by atoms with Crippen LogP contribution in [0.1, 0.15) is 33.5 Å². The molecule has 10 nitrogen and oxygen atoms in total. The Kier molecular flexibility index (Phi) is 6.69. The molecule has 1 aliphatic heterocycles. The van der Waals surface area contributed by atoms with E-state index in [0.29, 0.717) is 34.6 Å². The topological polar surface area (TPSA) is 151 Å². The molecule has 166 valence electrons. The average Bonchev–Trinajstić information content (AvgIpc) is 3.34. The summed E-state index contributed by atoms with van der Waals surface area (Å²) in [7, 11) is 1.73. The molecule has 11 heteroatoms.